The van der Waals surface area contributed by atoms with Crippen LogP contribution in [0.25, 0.3) is 0 Å². The molecule has 0 fully saturated rings. The molecule has 0 aliphatic carbocycles. The molecule has 0 radical (unpaired) electrons. The summed E-state index contributed by atoms with van der Waals surface area (Å²) in [5.74, 6) is 0.261. The summed E-state index contributed by atoms with van der Waals surface area (Å²) < 4.78 is 37.7. The van der Waals surface area contributed by atoms with E-state index < -0.39 is 15.6 Å². The fourth-order valence-corrected chi connectivity index (χ4v) is 3.44. The zero-order valence-corrected chi connectivity index (χ0v) is 13.3. The third kappa shape index (κ3) is 3.84. The van der Waals surface area contributed by atoms with E-state index in [0.717, 1.165) is 5.56 Å². The van der Waals surface area contributed by atoms with E-state index in [1.807, 2.05) is 0 Å². The van der Waals surface area contributed by atoms with Gasteiger partial charge in [0.05, 0.1) is 19.3 Å². The topological polar surface area (TPSA) is 90.7 Å². The molecule has 7 heteroatoms. The van der Waals surface area contributed by atoms with Gasteiger partial charge >= 0.3 is 0 Å². The fraction of sp³-hybridized carbons (Fsp3) is 0.538. The summed E-state index contributed by atoms with van der Waals surface area (Å²) in [6.07, 6.45) is 0. The van der Waals surface area contributed by atoms with E-state index in [1.165, 1.54) is 20.3 Å². The third-order valence-corrected chi connectivity index (χ3v) is 4.48. The summed E-state index contributed by atoms with van der Waals surface area (Å²) in [6.45, 7) is 5.50. The highest BCUT2D eigenvalue weighted by Gasteiger charge is 2.29. The van der Waals surface area contributed by atoms with Crippen LogP contribution < -0.4 is 15.2 Å². The van der Waals surface area contributed by atoms with Crippen molar-refractivity contribution in [3.05, 3.63) is 17.7 Å². The number of anilines is 1. The first-order valence-corrected chi connectivity index (χ1v) is 7.58. The van der Waals surface area contributed by atoms with Gasteiger partial charge in [-0.15, -0.1) is 0 Å². The molecule has 0 saturated heterocycles. The summed E-state index contributed by atoms with van der Waals surface area (Å²) in [5.41, 5.74) is 6.21. The average molecular weight is 302 g/mol. The second-order valence-corrected chi connectivity index (χ2v) is 6.93. The summed E-state index contributed by atoms with van der Waals surface area (Å²) in [7, 11) is -0.822. The molecule has 0 aliphatic rings. The van der Waals surface area contributed by atoms with Crippen LogP contribution in [0.2, 0.25) is 0 Å². The number of sulfonamides is 1. The zero-order chi connectivity index (χ0) is 15.6. The molecule has 114 valence electrons. The Morgan fingerprint density at radius 3 is 2.40 bits per heavy atom. The number of hydrogen-bond donors (Lipinski definition) is 2. The molecule has 0 aromatic heterocycles. The molecule has 6 nitrogen and oxygen atoms in total. The van der Waals surface area contributed by atoms with Crippen LogP contribution in [0.5, 0.6) is 5.75 Å². The Morgan fingerprint density at radius 2 is 1.90 bits per heavy atom. The lowest BCUT2D eigenvalue weighted by Crippen LogP contribution is -2.46. The van der Waals surface area contributed by atoms with E-state index in [1.54, 1.807) is 26.8 Å². The SMILES string of the molecule is COCC(C)(C)NS(=O)(=O)c1cc(N)c(C)cc1OC. The molecule has 0 saturated carbocycles. The number of nitrogens with two attached hydrogens (primary N) is 1. The number of methoxy groups -OCH3 is 2. The van der Waals surface area contributed by atoms with Gasteiger partial charge in [-0.25, -0.2) is 13.1 Å². The first kappa shape index (κ1) is 16.7. The van der Waals surface area contributed by atoms with Crippen LogP contribution in [0.4, 0.5) is 5.69 Å². The minimum Gasteiger partial charge on any atom is -0.495 e. The highest BCUT2D eigenvalue weighted by molar-refractivity contribution is 7.89. The normalized spacial score (nSPS) is 12.4. The van der Waals surface area contributed by atoms with Crippen molar-refractivity contribution in [1.82, 2.24) is 4.72 Å². The molecular formula is C13H22N2O4S. The third-order valence-electron chi connectivity index (χ3n) is 2.76. The summed E-state index contributed by atoms with van der Waals surface area (Å²) >= 11 is 0. The largest absolute Gasteiger partial charge is 0.495 e. The number of hydrogen-bond acceptors (Lipinski definition) is 5. The Morgan fingerprint density at radius 1 is 1.30 bits per heavy atom. The van der Waals surface area contributed by atoms with Gasteiger partial charge in [0.1, 0.15) is 10.6 Å². The monoisotopic (exact) mass is 302 g/mol. The molecule has 0 aliphatic heterocycles. The van der Waals surface area contributed by atoms with Crippen LogP contribution in [0.15, 0.2) is 17.0 Å². The smallest absolute Gasteiger partial charge is 0.244 e. The molecule has 1 aromatic rings. The van der Waals surface area contributed by atoms with Crippen molar-refractivity contribution in [1.29, 1.82) is 0 Å². The second-order valence-electron chi connectivity index (χ2n) is 5.28. The van der Waals surface area contributed by atoms with Crippen LogP contribution in [0.1, 0.15) is 19.4 Å². The molecule has 1 rings (SSSR count). The first-order valence-electron chi connectivity index (χ1n) is 6.10. The Labute approximate surface area is 120 Å². The average Bonchev–Trinajstić information content (AvgIpc) is 2.30. The molecule has 1 aromatic carbocycles. The van der Waals surface area contributed by atoms with Crippen molar-refractivity contribution in [2.75, 3.05) is 26.6 Å². The minimum atomic E-state index is -3.76. The lowest BCUT2D eigenvalue weighted by atomic mass is 10.1. The van der Waals surface area contributed by atoms with Crippen molar-refractivity contribution < 1.29 is 17.9 Å². The minimum absolute atomic E-state index is 0.0206. The molecular weight excluding hydrogens is 280 g/mol. The van der Waals surface area contributed by atoms with E-state index in [9.17, 15) is 8.42 Å². The maximum Gasteiger partial charge on any atom is 0.244 e. The van der Waals surface area contributed by atoms with E-state index in [-0.39, 0.29) is 17.3 Å². The lowest BCUT2D eigenvalue weighted by Gasteiger charge is -2.25. The quantitative estimate of drug-likeness (QED) is 0.773. The van der Waals surface area contributed by atoms with Crippen molar-refractivity contribution in [2.24, 2.45) is 0 Å². The predicted molar refractivity (Wildman–Crippen MR) is 78.4 cm³/mol. The van der Waals surface area contributed by atoms with E-state index in [4.69, 9.17) is 15.2 Å². The van der Waals surface area contributed by atoms with Crippen LogP contribution >= 0.6 is 0 Å². The van der Waals surface area contributed by atoms with Gasteiger partial charge in [-0.2, -0.15) is 0 Å². The van der Waals surface area contributed by atoms with E-state index in [2.05, 4.69) is 4.72 Å². The van der Waals surface area contributed by atoms with Crippen LogP contribution in [-0.4, -0.2) is 34.8 Å². The van der Waals surface area contributed by atoms with Gasteiger partial charge in [0, 0.05) is 12.8 Å². The van der Waals surface area contributed by atoms with Crippen LogP contribution in [-0.2, 0) is 14.8 Å². The molecule has 0 heterocycles. The summed E-state index contributed by atoms with van der Waals surface area (Å²) in [5, 5.41) is 0. The molecule has 0 spiro atoms. The molecule has 20 heavy (non-hydrogen) atoms. The standard InChI is InChI=1S/C13H22N2O4S/c1-9-6-11(19-5)12(7-10(9)14)20(16,17)15-13(2,3)8-18-4/h6-7,15H,8,14H2,1-5H3. The van der Waals surface area contributed by atoms with E-state index in [0.29, 0.717) is 5.69 Å². The Balaban J connectivity index is 3.25. The number of rotatable bonds is 6. The van der Waals surface area contributed by atoms with Crippen molar-refractivity contribution in [3.8, 4) is 5.75 Å². The van der Waals surface area contributed by atoms with Gasteiger partial charge in [-0.3, -0.25) is 0 Å². The first-order chi connectivity index (χ1) is 9.13. The number of ether oxygens (including phenoxy) is 2. The van der Waals surface area contributed by atoms with Crippen molar-refractivity contribution >= 4 is 15.7 Å². The van der Waals surface area contributed by atoms with Gasteiger partial charge in [0.2, 0.25) is 10.0 Å². The van der Waals surface area contributed by atoms with Crippen LogP contribution in [0, 0.1) is 6.92 Å². The maximum absolute atomic E-state index is 12.5. The highest BCUT2D eigenvalue weighted by atomic mass is 32.2. The number of nitrogens with one attached hydrogen (secondary N) is 1. The maximum atomic E-state index is 12.5. The van der Waals surface area contributed by atoms with Crippen LogP contribution in [0.3, 0.4) is 0 Å². The van der Waals surface area contributed by atoms with Gasteiger partial charge in [0.25, 0.3) is 0 Å². The number of aryl methyl sites for hydroxylation is 1. The summed E-state index contributed by atoms with van der Waals surface area (Å²) in [6, 6.07) is 3.01. The van der Waals surface area contributed by atoms with Gasteiger partial charge in [-0.05, 0) is 38.5 Å². The van der Waals surface area contributed by atoms with Gasteiger partial charge in [0.15, 0.2) is 0 Å². The predicted octanol–water partition coefficient (Wildman–Crippen LogP) is 1.29. The number of benzene rings is 1. The number of nitrogen functional groups attached to an aromatic ring is 1. The molecule has 0 unspecified atom stereocenters. The molecule has 0 atom stereocenters. The Kier molecular flexibility index (Phi) is 5.01. The van der Waals surface area contributed by atoms with Crippen molar-refractivity contribution in [2.45, 2.75) is 31.2 Å². The van der Waals surface area contributed by atoms with Gasteiger partial charge < -0.3 is 15.2 Å². The molecule has 3 N–H and O–H groups in total. The van der Waals surface area contributed by atoms with Gasteiger partial charge in [-0.1, -0.05) is 0 Å². The van der Waals surface area contributed by atoms with E-state index >= 15 is 0 Å². The Hall–Kier alpha value is -1.31. The highest BCUT2D eigenvalue weighted by Crippen LogP contribution is 2.29. The molecule has 0 amide bonds. The van der Waals surface area contributed by atoms with Crippen molar-refractivity contribution in [3.63, 3.8) is 0 Å². The lowest BCUT2D eigenvalue weighted by molar-refractivity contribution is 0.141. The second kappa shape index (κ2) is 5.99. The molecule has 0 bridgehead atoms. The summed E-state index contributed by atoms with van der Waals surface area (Å²) in [4.78, 5) is 0.0206. The zero-order valence-electron chi connectivity index (χ0n) is 12.5. The fourth-order valence-electron chi connectivity index (χ4n) is 1.86. The Bertz CT molecular complexity index is 582.